The minimum absolute atomic E-state index is 0.155. The van der Waals surface area contributed by atoms with Crippen molar-refractivity contribution in [3.63, 3.8) is 0 Å². The Hall–Kier alpha value is -2.01. The van der Waals surface area contributed by atoms with Crippen LogP contribution in [0.2, 0.25) is 5.02 Å². The van der Waals surface area contributed by atoms with Crippen LogP contribution in [0.25, 0.3) is 0 Å². The number of hydrogen-bond donors (Lipinski definition) is 3. The molecule has 0 saturated heterocycles. The smallest absolute Gasteiger partial charge is 0.371 e. The summed E-state index contributed by atoms with van der Waals surface area (Å²) in [4.78, 5) is 21.4. The van der Waals surface area contributed by atoms with Crippen LogP contribution in [-0.4, -0.2) is 22.1 Å². The van der Waals surface area contributed by atoms with Gasteiger partial charge in [0.15, 0.2) is 0 Å². The fraction of sp³-hybridized carbons (Fsp3) is 0.0909. The molecule has 3 N–H and O–H groups in total. The van der Waals surface area contributed by atoms with Crippen molar-refractivity contribution in [1.29, 1.82) is 0 Å². The zero-order chi connectivity index (χ0) is 12.8. The average Bonchev–Trinajstić information content (AvgIpc) is 2.27. The van der Waals surface area contributed by atoms with Crippen molar-refractivity contribution in [2.75, 3.05) is 0 Å². The summed E-state index contributed by atoms with van der Waals surface area (Å²) in [6.45, 7) is 0.155. The highest BCUT2D eigenvalue weighted by Crippen LogP contribution is 2.14. The first-order valence-electron chi connectivity index (χ1n) is 4.66. The van der Waals surface area contributed by atoms with Gasteiger partial charge in [0.2, 0.25) is 11.7 Å². The van der Waals surface area contributed by atoms with Gasteiger partial charge < -0.3 is 15.5 Å². The highest BCUT2D eigenvalue weighted by molar-refractivity contribution is 6.31. The zero-order valence-electron chi connectivity index (χ0n) is 8.68. The van der Waals surface area contributed by atoms with Crippen LogP contribution < -0.4 is 5.32 Å². The Balaban J connectivity index is 2.58. The van der Waals surface area contributed by atoms with E-state index in [4.69, 9.17) is 21.8 Å². The monoisotopic (exact) mass is 255 g/mol. The number of nitrogens with one attached hydrogen (secondary N) is 1. The van der Waals surface area contributed by atoms with E-state index in [0.717, 1.165) is 0 Å². The van der Waals surface area contributed by atoms with Crippen molar-refractivity contribution in [1.82, 2.24) is 5.32 Å². The van der Waals surface area contributed by atoms with Crippen molar-refractivity contribution in [2.45, 2.75) is 6.54 Å². The number of aliphatic hydroxyl groups excluding tert-OH is 1. The minimum Gasteiger partial charge on any atom is -0.502 e. The molecule has 0 saturated carbocycles. The number of carbonyl (C=O) groups is 2. The standard InChI is InChI=1S/C11H10ClNO4/c12-8-4-2-1-3-7(8)6-13-10(15)5-9(14)11(16)17/h1-5,14H,6H2,(H,13,15)(H,16,17)/b9-5-. The average molecular weight is 256 g/mol. The van der Waals surface area contributed by atoms with E-state index < -0.39 is 17.6 Å². The molecule has 1 amide bonds. The van der Waals surface area contributed by atoms with Crippen LogP contribution in [0.1, 0.15) is 5.56 Å². The first-order valence-corrected chi connectivity index (χ1v) is 5.03. The molecule has 1 rings (SSSR count). The number of hydrogen-bond acceptors (Lipinski definition) is 3. The Bertz CT molecular complexity index is 470. The Labute approximate surface area is 102 Å². The van der Waals surface area contributed by atoms with Crippen molar-refractivity contribution < 1.29 is 19.8 Å². The van der Waals surface area contributed by atoms with Crippen molar-refractivity contribution in [2.24, 2.45) is 0 Å². The van der Waals surface area contributed by atoms with Gasteiger partial charge in [0, 0.05) is 11.6 Å². The van der Waals surface area contributed by atoms with Gasteiger partial charge in [0.05, 0.1) is 6.08 Å². The van der Waals surface area contributed by atoms with Crippen LogP contribution in [-0.2, 0) is 16.1 Å². The molecule has 90 valence electrons. The van der Waals surface area contributed by atoms with Gasteiger partial charge in [-0.2, -0.15) is 0 Å². The molecule has 17 heavy (non-hydrogen) atoms. The third-order valence-electron chi connectivity index (χ3n) is 1.90. The Morgan fingerprint density at radius 3 is 2.53 bits per heavy atom. The second-order valence-corrected chi connectivity index (χ2v) is 3.55. The lowest BCUT2D eigenvalue weighted by molar-refractivity contribution is -0.136. The van der Waals surface area contributed by atoms with Gasteiger partial charge in [-0.1, -0.05) is 29.8 Å². The Morgan fingerprint density at radius 2 is 1.94 bits per heavy atom. The van der Waals surface area contributed by atoms with E-state index in [1.165, 1.54) is 0 Å². The molecule has 1 aromatic rings. The summed E-state index contributed by atoms with van der Waals surface area (Å²) in [7, 11) is 0. The maximum absolute atomic E-state index is 11.2. The lowest BCUT2D eigenvalue weighted by Crippen LogP contribution is -2.21. The highest BCUT2D eigenvalue weighted by atomic mass is 35.5. The van der Waals surface area contributed by atoms with E-state index in [2.05, 4.69) is 5.32 Å². The fourth-order valence-corrected chi connectivity index (χ4v) is 1.26. The summed E-state index contributed by atoms with van der Waals surface area (Å²) >= 11 is 5.85. The lowest BCUT2D eigenvalue weighted by Gasteiger charge is -2.04. The number of carboxylic acid groups (broad SMARTS) is 1. The molecule has 0 bridgehead atoms. The topological polar surface area (TPSA) is 86.6 Å². The van der Waals surface area contributed by atoms with Gasteiger partial charge in [-0.3, -0.25) is 4.79 Å². The van der Waals surface area contributed by atoms with Crippen LogP contribution >= 0.6 is 11.6 Å². The number of rotatable bonds is 4. The predicted octanol–water partition coefficient (Wildman–Crippen LogP) is 1.48. The normalized spacial score (nSPS) is 11.0. The van der Waals surface area contributed by atoms with Crippen LogP contribution in [0.3, 0.4) is 0 Å². The molecule has 5 nitrogen and oxygen atoms in total. The molecule has 0 aliphatic rings. The molecule has 0 heterocycles. The second-order valence-electron chi connectivity index (χ2n) is 3.14. The molecule has 0 radical (unpaired) electrons. The fourth-order valence-electron chi connectivity index (χ4n) is 1.06. The predicted molar refractivity (Wildman–Crippen MR) is 61.6 cm³/mol. The summed E-state index contributed by atoms with van der Waals surface area (Å²) in [6.07, 6.45) is 0.596. The molecule has 0 aliphatic heterocycles. The van der Waals surface area contributed by atoms with Crippen LogP contribution in [0.15, 0.2) is 36.1 Å². The summed E-state index contributed by atoms with van der Waals surface area (Å²) < 4.78 is 0. The van der Waals surface area contributed by atoms with Crippen LogP contribution in [0, 0.1) is 0 Å². The number of halogens is 1. The van der Waals surface area contributed by atoms with Gasteiger partial charge in [-0.25, -0.2) is 4.79 Å². The Kier molecular flexibility index (Phi) is 4.54. The highest BCUT2D eigenvalue weighted by Gasteiger charge is 2.07. The molecule has 0 spiro atoms. The molecule has 1 aromatic carbocycles. The molecule has 0 aromatic heterocycles. The van der Waals surface area contributed by atoms with E-state index in [9.17, 15) is 9.59 Å². The zero-order valence-corrected chi connectivity index (χ0v) is 9.44. The number of carboxylic acids is 1. The maximum Gasteiger partial charge on any atom is 0.371 e. The Morgan fingerprint density at radius 1 is 1.29 bits per heavy atom. The van der Waals surface area contributed by atoms with E-state index in [1.54, 1.807) is 24.3 Å². The molecule has 0 aliphatic carbocycles. The summed E-state index contributed by atoms with van der Waals surface area (Å²) in [5, 5.41) is 20.1. The summed E-state index contributed by atoms with van der Waals surface area (Å²) in [5.74, 6) is -3.27. The van der Waals surface area contributed by atoms with Crippen molar-refractivity contribution in [3.05, 3.63) is 46.7 Å². The quantitative estimate of drug-likeness (QED) is 0.562. The lowest BCUT2D eigenvalue weighted by atomic mass is 10.2. The third-order valence-corrected chi connectivity index (χ3v) is 2.27. The number of amides is 1. The molecule has 0 atom stereocenters. The van der Waals surface area contributed by atoms with Crippen LogP contribution in [0.4, 0.5) is 0 Å². The first kappa shape index (κ1) is 13.1. The van der Waals surface area contributed by atoms with Gasteiger partial charge >= 0.3 is 5.97 Å². The van der Waals surface area contributed by atoms with E-state index >= 15 is 0 Å². The van der Waals surface area contributed by atoms with Crippen molar-refractivity contribution >= 4 is 23.5 Å². The van der Waals surface area contributed by atoms with Gasteiger partial charge in [-0.15, -0.1) is 0 Å². The van der Waals surface area contributed by atoms with Gasteiger partial charge in [-0.05, 0) is 11.6 Å². The molecular formula is C11H10ClNO4. The first-order chi connectivity index (χ1) is 8.00. The van der Waals surface area contributed by atoms with Crippen molar-refractivity contribution in [3.8, 4) is 0 Å². The van der Waals surface area contributed by atoms with E-state index in [-0.39, 0.29) is 6.54 Å². The number of carbonyl (C=O) groups excluding carboxylic acids is 1. The van der Waals surface area contributed by atoms with E-state index in [0.29, 0.717) is 16.7 Å². The number of aliphatic hydroxyl groups is 1. The number of benzene rings is 1. The SMILES string of the molecule is O=C(/C=C(\O)C(=O)O)NCc1ccccc1Cl. The molecular weight excluding hydrogens is 246 g/mol. The molecule has 6 heteroatoms. The largest absolute Gasteiger partial charge is 0.502 e. The minimum atomic E-state index is -1.56. The summed E-state index contributed by atoms with van der Waals surface area (Å²) in [6, 6.07) is 6.92. The van der Waals surface area contributed by atoms with E-state index in [1.807, 2.05) is 0 Å². The molecule has 0 fully saturated rings. The third kappa shape index (κ3) is 4.16. The van der Waals surface area contributed by atoms with Crippen LogP contribution in [0.5, 0.6) is 0 Å². The van der Waals surface area contributed by atoms with Gasteiger partial charge in [0.1, 0.15) is 0 Å². The molecule has 0 unspecified atom stereocenters. The number of aliphatic carboxylic acids is 1. The summed E-state index contributed by atoms with van der Waals surface area (Å²) in [5.41, 5.74) is 0.700. The van der Waals surface area contributed by atoms with Gasteiger partial charge in [0.25, 0.3) is 0 Å². The maximum atomic E-state index is 11.2. The second kappa shape index (κ2) is 5.91.